The zero-order valence-electron chi connectivity index (χ0n) is 11.2. The molecule has 2 rings (SSSR count). The van der Waals surface area contributed by atoms with Crippen molar-refractivity contribution < 1.29 is 9.72 Å². The number of hydrogen-bond acceptors (Lipinski definition) is 4. The van der Waals surface area contributed by atoms with Gasteiger partial charge in [0, 0.05) is 26.2 Å². The lowest BCUT2D eigenvalue weighted by molar-refractivity contribution is -0.385. The standard InChI is InChI=1S/C13H13ClN4O3/c1-17-8-6-9(16-17)5-7-15-13(19)10-3-2-4-11(14)12(10)18(20)21/h2-4,6,8H,5,7H2,1H3,(H,15,19). The number of nitro groups is 1. The second kappa shape index (κ2) is 6.36. The number of nitro benzene ring substituents is 1. The summed E-state index contributed by atoms with van der Waals surface area (Å²) in [4.78, 5) is 22.3. The number of aryl methyl sites for hydroxylation is 1. The first-order valence-corrected chi connectivity index (χ1v) is 6.56. The Bertz CT molecular complexity index is 684. The van der Waals surface area contributed by atoms with E-state index in [1.165, 1.54) is 18.2 Å². The van der Waals surface area contributed by atoms with Crippen LogP contribution in [0, 0.1) is 10.1 Å². The van der Waals surface area contributed by atoms with Crippen LogP contribution in [-0.4, -0.2) is 27.2 Å². The zero-order valence-corrected chi connectivity index (χ0v) is 12.0. The van der Waals surface area contributed by atoms with Gasteiger partial charge in [0.15, 0.2) is 0 Å². The molecular formula is C13H13ClN4O3. The minimum Gasteiger partial charge on any atom is -0.351 e. The van der Waals surface area contributed by atoms with Crippen molar-refractivity contribution in [3.8, 4) is 0 Å². The SMILES string of the molecule is Cn1ccc(CCNC(=O)c2cccc(Cl)c2[N+](=O)[O-])n1. The lowest BCUT2D eigenvalue weighted by atomic mass is 10.1. The van der Waals surface area contributed by atoms with Gasteiger partial charge in [-0.3, -0.25) is 19.6 Å². The predicted octanol–water partition coefficient (Wildman–Crippen LogP) is 1.95. The fourth-order valence-corrected chi connectivity index (χ4v) is 2.12. The molecule has 2 aromatic rings. The van der Waals surface area contributed by atoms with Crippen LogP contribution >= 0.6 is 11.6 Å². The predicted molar refractivity (Wildman–Crippen MR) is 77.4 cm³/mol. The van der Waals surface area contributed by atoms with Crippen molar-refractivity contribution in [2.24, 2.45) is 7.05 Å². The molecule has 1 heterocycles. The van der Waals surface area contributed by atoms with Crippen LogP contribution in [0.25, 0.3) is 0 Å². The van der Waals surface area contributed by atoms with Crippen LogP contribution in [0.15, 0.2) is 30.5 Å². The number of amides is 1. The highest BCUT2D eigenvalue weighted by Crippen LogP contribution is 2.27. The number of hydrogen-bond donors (Lipinski definition) is 1. The number of nitrogens with zero attached hydrogens (tertiary/aromatic N) is 3. The highest BCUT2D eigenvalue weighted by atomic mass is 35.5. The minimum atomic E-state index is -0.657. The Kier molecular flexibility index (Phi) is 4.54. The van der Waals surface area contributed by atoms with E-state index in [2.05, 4.69) is 10.4 Å². The molecule has 110 valence electrons. The van der Waals surface area contributed by atoms with Crippen LogP contribution in [-0.2, 0) is 13.5 Å². The quantitative estimate of drug-likeness (QED) is 0.675. The molecule has 7 nitrogen and oxygen atoms in total. The van der Waals surface area contributed by atoms with E-state index in [0.717, 1.165) is 5.69 Å². The number of para-hydroxylation sites is 1. The van der Waals surface area contributed by atoms with Gasteiger partial charge < -0.3 is 5.32 Å². The van der Waals surface area contributed by atoms with Crippen LogP contribution < -0.4 is 5.32 Å². The molecule has 1 N–H and O–H groups in total. The maximum Gasteiger partial charge on any atom is 0.300 e. The lowest BCUT2D eigenvalue weighted by Crippen LogP contribution is -2.26. The molecule has 0 aliphatic heterocycles. The van der Waals surface area contributed by atoms with Crippen molar-refractivity contribution in [3.05, 3.63) is 56.9 Å². The van der Waals surface area contributed by atoms with Gasteiger partial charge in [0.2, 0.25) is 0 Å². The van der Waals surface area contributed by atoms with E-state index in [0.29, 0.717) is 13.0 Å². The molecule has 21 heavy (non-hydrogen) atoms. The lowest BCUT2D eigenvalue weighted by Gasteiger charge is -2.05. The molecule has 1 amide bonds. The zero-order chi connectivity index (χ0) is 15.4. The maximum absolute atomic E-state index is 12.0. The van der Waals surface area contributed by atoms with E-state index in [-0.39, 0.29) is 16.3 Å². The van der Waals surface area contributed by atoms with Gasteiger partial charge in [-0.1, -0.05) is 17.7 Å². The molecular weight excluding hydrogens is 296 g/mol. The number of nitrogens with one attached hydrogen (secondary N) is 1. The highest BCUT2D eigenvalue weighted by molar-refractivity contribution is 6.33. The van der Waals surface area contributed by atoms with Crippen molar-refractivity contribution >= 4 is 23.2 Å². The monoisotopic (exact) mass is 308 g/mol. The smallest absolute Gasteiger partial charge is 0.300 e. The van der Waals surface area contributed by atoms with E-state index in [9.17, 15) is 14.9 Å². The first-order chi connectivity index (χ1) is 9.99. The van der Waals surface area contributed by atoms with Crippen molar-refractivity contribution in [1.29, 1.82) is 0 Å². The molecule has 0 saturated heterocycles. The van der Waals surface area contributed by atoms with Gasteiger partial charge in [0.25, 0.3) is 5.91 Å². The number of carbonyl (C=O) groups excluding carboxylic acids is 1. The van der Waals surface area contributed by atoms with Gasteiger partial charge in [0.05, 0.1) is 10.6 Å². The van der Waals surface area contributed by atoms with E-state index in [4.69, 9.17) is 11.6 Å². The summed E-state index contributed by atoms with van der Waals surface area (Å²) in [6.45, 7) is 0.333. The van der Waals surface area contributed by atoms with Crippen LogP contribution in [0.2, 0.25) is 5.02 Å². The normalized spacial score (nSPS) is 10.4. The molecule has 1 aromatic heterocycles. The van der Waals surface area contributed by atoms with Crippen molar-refractivity contribution in [2.75, 3.05) is 6.54 Å². The fourth-order valence-electron chi connectivity index (χ4n) is 1.88. The van der Waals surface area contributed by atoms with E-state index >= 15 is 0 Å². The van der Waals surface area contributed by atoms with Gasteiger partial charge in [-0.2, -0.15) is 5.10 Å². The Morgan fingerprint density at radius 2 is 2.24 bits per heavy atom. The molecule has 0 aliphatic carbocycles. The van der Waals surface area contributed by atoms with Crippen LogP contribution in [0.5, 0.6) is 0 Å². The second-order valence-electron chi connectivity index (χ2n) is 4.38. The van der Waals surface area contributed by atoms with Crippen LogP contribution in [0.3, 0.4) is 0 Å². The minimum absolute atomic E-state index is 0.0477. The molecule has 0 radical (unpaired) electrons. The van der Waals surface area contributed by atoms with Crippen molar-refractivity contribution in [1.82, 2.24) is 15.1 Å². The third-order valence-corrected chi connectivity index (χ3v) is 3.15. The number of carbonyl (C=O) groups is 1. The molecule has 0 unspecified atom stereocenters. The third kappa shape index (κ3) is 3.57. The average Bonchev–Trinajstić information content (AvgIpc) is 2.83. The van der Waals surface area contributed by atoms with Crippen LogP contribution in [0.4, 0.5) is 5.69 Å². The Morgan fingerprint density at radius 3 is 2.86 bits per heavy atom. The van der Waals surface area contributed by atoms with Gasteiger partial charge in [-0.25, -0.2) is 0 Å². The molecule has 0 saturated carbocycles. The summed E-state index contributed by atoms with van der Waals surface area (Å²) < 4.78 is 1.67. The van der Waals surface area contributed by atoms with Gasteiger partial charge in [0.1, 0.15) is 10.6 Å². The number of rotatable bonds is 5. The molecule has 0 atom stereocenters. The van der Waals surface area contributed by atoms with E-state index < -0.39 is 10.8 Å². The van der Waals surface area contributed by atoms with Gasteiger partial charge in [-0.05, 0) is 18.2 Å². The number of benzene rings is 1. The second-order valence-corrected chi connectivity index (χ2v) is 4.79. The first-order valence-electron chi connectivity index (χ1n) is 6.18. The number of halogens is 1. The molecule has 0 bridgehead atoms. The molecule has 8 heteroatoms. The molecule has 0 spiro atoms. The largest absolute Gasteiger partial charge is 0.351 e. The Labute approximate surface area is 125 Å². The summed E-state index contributed by atoms with van der Waals surface area (Å²) in [6.07, 6.45) is 2.35. The van der Waals surface area contributed by atoms with Gasteiger partial charge in [-0.15, -0.1) is 0 Å². The summed E-state index contributed by atoms with van der Waals surface area (Å²) in [6, 6.07) is 6.10. The Balaban J connectivity index is 2.04. The maximum atomic E-state index is 12.0. The Hall–Kier alpha value is -2.41. The molecule has 0 fully saturated rings. The average molecular weight is 309 g/mol. The van der Waals surface area contributed by atoms with E-state index in [1.54, 1.807) is 17.9 Å². The van der Waals surface area contributed by atoms with Crippen molar-refractivity contribution in [2.45, 2.75) is 6.42 Å². The van der Waals surface area contributed by atoms with Crippen LogP contribution in [0.1, 0.15) is 16.1 Å². The van der Waals surface area contributed by atoms with E-state index in [1.807, 2.05) is 6.07 Å². The van der Waals surface area contributed by atoms with Gasteiger partial charge >= 0.3 is 5.69 Å². The summed E-state index contributed by atoms with van der Waals surface area (Å²) in [5, 5.41) is 17.7. The van der Waals surface area contributed by atoms with Crippen molar-refractivity contribution in [3.63, 3.8) is 0 Å². The summed E-state index contributed by atoms with van der Waals surface area (Å²) in [5.41, 5.74) is 0.404. The summed E-state index contributed by atoms with van der Waals surface area (Å²) in [7, 11) is 1.80. The fraction of sp³-hybridized carbons (Fsp3) is 0.231. The topological polar surface area (TPSA) is 90.1 Å². The summed E-state index contributed by atoms with van der Waals surface area (Å²) in [5.74, 6) is -0.528. The third-order valence-electron chi connectivity index (χ3n) is 2.85. The highest BCUT2D eigenvalue weighted by Gasteiger charge is 2.23. The Morgan fingerprint density at radius 1 is 1.48 bits per heavy atom. The first kappa shape index (κ1) is 15.0. The summed E-state index contributed by atoms with van der Waals surface area (Å²) >= 11 is 5.77. The molecule has 0 aliphatic rings. The number of aromatic nitrogens is 2. The molecule has 1 aromatic carbocycles.